The molecule has 3 heteroatoms. The van der Waals surface area contributed by atoms with Crippen LogP contribution < -0.4 is 4.90 Å². The van der Waals surface area contributed by atoms with Crippen LogP contribution in [0.15, 0.2) is 54.7 Å². The van der Waals surface area contributed by atoms with Crippen molar-refractivity contribution in [3.05, 3.63) is 70.9 Å². The molecule has 2 N–H and O–H groups in total. The second-order valence-electron chi connectivity index (χ2n) is 5.30. The second kappa shape index (κ2) is 5.70. The molecule has 0 amide bonds. The summed E-state index contributed by atoms with van der Waals surface area (Å²) >= 11 is 5.92. The normalized spacial score (nSPS) is 12.7. The van der Waals surface area contributed by atoms with E-state index in [9.17, 15) is 0 Å². The maximum atomic E-state index is 5.92. The third kappa shape index (κ3) is 2.87. The lowest BCUT2D eigenvalue weighted by molar-refractivity contribution is -0.907. The molecule has 0 saturated carbocycles. The Morgan fingerprint density at radius 1 is 1.00 bits per heavy atom. The Kier molecular flexibility index (Phi) is 3.77. The number of aromatic nitrogens is 1. The number of halogens is 1. The van der Waals surface area contributed by atoms with Gasteiger partial charge in [0.2, 0.25) is 0 Å². The van der Waals surface area contributed by atoms with Crippen LogP contribution in [0.2, 0.25) is 5.02 Å². The van der Waals surface area contributed by atoms with Gasteiger partial charge in [-0.2, -0.15) is 0 Å². The summed E-state index contributed by atoms with van der Waals surface area (Å²) in [6.45, 7) is 2.00. The summed E-state index contributed by atoms with van der Waals surface area (Å²) < 4.78 is 0. The number of quaternary nitrogens is 1. The molecule has 0 fully saturated rings. The van der Waals surface area contributed by atoms with Crippen molar-refractivity contribution in [2.45, 2.75) is 13.1 Å². The zero-order valence-corrected chi connectivity index (χ0v) is 12.2. The highest BCUT2D eigenvalue weighted by Gasteiger charge is 2.09. The number of nitrogens with one attached hydrogen (secondary N) is 2. The number of hydrogen-bond donors (Lipinski definition) is 2. The minimum absolute atomic E-state index is 0.794. The van der Waals surface area contributed by atoms with Crippen molar-refractivity contribution in [1.82, 2.24) is 4.98 Å². The molecule has 0 aliphatic heterocycles. The van der Waals surface area contributed by atoms with Crippen LogP contribution in [-0.2, 0) is 13.1 Å². The van der Waals surface area contributed by atoms with Crippen molar-refractivity contribution in [3.63, 3.8) is 0 Å². The van der Waals surface area contributed by atoms with Crippen molar-refractivity contribution >= 4 is 22.5 Å². The van der Waals surface area contributed by atoms with Crippen molar-refractivity contribution in [3.8, 4) is 0 Å². The van der Waals surface area contributed by atoms with Gasteiger partial charge in [0.15, 0.2) is 0 Å². The summed E-state index contributed by atoms with van der Waals surface area (Å²) in [5, 5.41) is 2.12. The predicted molar refractivity (Wildman–Crippen MR) is 84.0 cm³/mol. The van der Waals surface area contributed by atoms with E-state index in [0.29, 0.717) is 0 Å². The Hall–Kier alpha value is -1.77. The Morgan fingerprint density at radius 2 is 1.75 bits per heavy atom. The minimum atomic E-state index is 0.794. The number of para-hydroxylation sites is 1. The van der Waals surface area contributed by atoms with Crippen LogP contribution >= 0.6 is 11.6 Å². The summed E-state index contributed by atoms with van der Waals surface area (Å²) in [7, 11) is 2.22. The topological polar surface area (TPSA) is 20.2 Å². The highest BCUT2D eigenvalue weighted by Crippen LogP contribution is 2.16. The van der Waals surface area contributed by atoms with Crippen LogP contribution in [-0.4, -0.2) is 12.0 Å². The number of hydrogen-bond acceptors (Lipinski definition) is 0. The van der Waals surface area contributed by atoms with Crippen LogP contribution in [0.3, 0.4) is 0 Å². The monoisotopic (exact) mass is 285 g/mol. The molecule has 2 aromatic carbocycles. The summed E-state index contributed by atoms with van der Waals surface area (Å²) in [5.74, 6) is 0. The molecule has 20 heavy (non-hydrogen) atoms. The lowest BCUT2D eigenvalue weighted by atomic mass is 10.1. The fourth-order valence-corrected chi connectivity index (χ4v) is 2.74. The van der Waals surface area contributed by atoms with E-state index in [-0.39, 0.29) is 0 Å². The van der Waals surface area contributed by atoms with E-state index >= 15 is 0 Å². The van der Waals surface area contributed by atoms with Crippen molar-refractivity contribution in [2.24, 2.45) is 0 Å². The standard InChI is InChI=1S/C17H17ClN2/c1-20(11-13-6-8-15(18)9-7-13)12-14-10-19-17-5-3-2-4-16(14)17/h2-10,19H,11-12H2,1H3/p+1. The lowest BCUT2D eigenvalue weighted by Gasteiger charge is -2.13. The molecule has 102 valence electrons. The summed E-state index contributed by atoms with van der Waals surface area (Å²) in [4.78, 5) is 4.79. The maximum Gasteiger partial charge on any atom is 0.105 e. The molecule has 3 rings (SSSR count). The van der Waals surface area contributed by atoms with Gasteiger partial charge in [0.1, 0.15) is 13.1 Å². The molecular formula is C17H18ClN2+. The fourth-order valence-electron chi connectivity index (χ4n) is 2.62. The van der Waals surface area contributed by atoms with Crippen molar-refractivity contribution in [2.75, 3.05) is 7.05 Å². The average Bonchev–Trinajstić information content (AvgIpc) is 2.85. The van der Waals surface area contributed by atoms with Gasteiger partial charge in [0, 0.05) is 33.2 Å². The SMILES string of the molecule is C[NH+](Cc1ccc(Cl)cc1)Cc1c[nH]c2ccccc12. The fraction of sp³-hybridized carbons (Fsp3) is 0.176. The van der Waals surface area contributed by atoms with Gasteiger partial charge in [0.25, 0.3) is 0 Å². The van der Waals surface area contributed by atoms with Gasteiger partial charge in [-0.05, 0) is 18.2 Å². The summed E-state index contributed by atoms with van der Waals surface area (Å²) in [6, 6.07) is 16.6. The first kappa shape index (κ1) is 13.2. The molecule has 0 aliphatic carbocycles. The molecule has 0 saturated heterocycles. The highest BCUT2D eigenvalue weighted by molar-refractivity contribution is 6.30. The largest absolute Gasteiger partial charge is 0.361 e. The molecule has 2 nitrogen and oxygen atoms in total. The van der Waals surface area contributed by atoms with E-state index in [1.807, 2.05) is 12.1 Å². The molecule has 0 radical (unpaired) electrons. The molecule has 1 aromatic heterocycles. The van der Waals surface area contributed by atoms with Gasteiger partial charge in [-0.3, -0.25) is 0 Å². The predicted octanol–water partition coefficient (Wildman–Crippen LogP) is 3.04. The Bertz CT molecular complexity index is 700. The maximum absolute atomic E-state index is 5.92. The second-order valence-corrected chi connectivity index (χ2v) is 5.73. The Balaban J connectivity index is 1.72. The zero-order chi connectivity index (χ0) is 13.9. The first-order valence-electron chi connectivity index (χ1n) is 6.83. The lowest BCUT2D eigenvalue weighted by Crippen LogP contribution is -3.06. The van der Waals surface area contributed by atoms with E-state index in [1.165, 1.54) is 26.9 Å². The smallest absolute Gasteiger partial charge is 0.105 e. The highest BCUT2D eigenvalue weighted by atomic mass is 35.5. The molecule has 1 heterocycles. The third-order valence-electron chi connectivity index (χ3n) is 3.59. The van der Waals surface area contributed by atoms with Gasteiger partial charge in [-0.15, -0.1) is 0 Å². The third-order valence-corrected chi connectivity index (χ3v) is 3.84. The van der Waals surface area contributed by atoms with Crippen LogP contribution in [0.5, 0.6) is 0 Å². The molecule has 3 aromatic rings. The minimum Gasteiger partial charge on any atom is -0.361 e. The van der Waals surface area contributed by atoms with Gasteiger partial charge >= 0.3 is 0 Å². The Morgan fingerprint density at radius 3 is 2.55 bits per heavy atom. The van der Waals surface area contributed by atoms with E-state index < -0.39 is 0 Å². The van der Waals surface area contributed by atoms with Gasteiger partial charge in [-0.1, -0.05) is 41.9 Å². The van der Waals surface area contributed by atoms with Gasteiger partial charge < -0.3 is 9.88 Å². The number of fused-ring (bicyclic) bond motifs is 1. The molecule has 1 unspecified atom stereocenters. The molecule has 0 aliphatic rings. The molecule has 0 spiro atoms. The number of rotatable bonds is 4. The van der Waals surface area contributed by atoms with E-state index in [4.69, 9.17) is 11.6 Å². The Labute approximate surface area is 124 Å². The zero-order valence-electron chi connectivity index (χ0n) is 11.5. The van der Waals surface area contributed by atoms with Crippen molar-refractivity contribution < 1.29 is 4.90 Å². The van der Waals surface area contributed by atoms with E-state index in [2.05, 4.69) is 54.6 Å². The van der Waals surface area contributed by atoms with E-state index in [1.54, 1.807) is 0 Å². The summed E-state index contributed by atoms with van der Waals surface area (Å²) in [6.07, 6.45) is 2.12. The van der Waals surface area contributed by atoms with Gasteiger partial charge in [0.05, 0.1) is 7.05 Å². The average molecular weight is 286 g/mol. The van der Waals surface area contributed by atoms with Crippen molar-refractivity contribution in [1.29, 1.82) is 0 Å². The van der Waals surface area contributed by atoms with Crippen LogP contribution in [0, 0.1) is 0 Å². The first-order chi connectivity index (χ1) is 9.72. The number of aromatic amines is 1. The quantitative estimate of drug-likeness (QED) is 0.735. The van der Waals surface area contributed by atoms with Crippen LogP contribution in [0.25, 0.3) is 10.9 Å². The number of benzene rings is 2. The van der Waals surface area contributed by atoms with Crippen LogP contribution in [0.1, 0.15) is 11.1 Å². The molecular weight excluding hydrogens is 268 g/mol. The first-order valence-corrected chi connectivity index (χ1v) is 7.21. The number of H-pyrrole nitrogens is 1. The molecule has 1 atom stereocenters. The van der Waals surface area contributed by atoms with E-state index in [0.717, 1.165) is 18.1 Å². The molecule has 0 bridgehead atoms. The van der Waals surface area contributed by atoms with Crippen LogP contribution in [0.4, 0.5) is 0 Å². The van der Waals surface area contributed by atoms with Gasteiger partial charge in [-0.25, -0.2) is 0 Å². The summed E-state index contributed by atoms with van der Waals surface area (Å²) in [5.41, 5.74) is 3.89.